The SMILES string of the molecule is O=C(Nc1nc2c(Cl)ccc(Cl)c2s1)c1cccc(NS(=O)(=O)c2ccc(F)cc2)c1. The first-order valence-corrected chi connectivity index (χ1v) is 11.7. The molecule has 4 aromatic rings. The Bertz CT molecular complexity index is 1370. The van der Waals surface area contributed by atoms with Crippen LogP contribution in [-0.2, 0) is 10.0 Å². The van der Waals surface area contributed by atoms with Crippen molar-refractivity contribution in [1.82, 2.24) is 4.98 Å². The number of rotatable bonds is 5. The lowest BCUT2D eigenvalue weighted by atomic mass is 10.2. The average molecular weight is 496 g/mol. The number of amides is 1. The normalized spacial score (nSPS) is 11.5. The second-order valence-electron chi connectivity index (χ2n) is 6.32. The van der Waals surface area contributed by atoms with Crippen LogP contribution in [0, 0.1) is 5.82 Å². The number of thiazole rings is 1. The fourth-order valence-electron chi connectivity index (χ4n) is 2.72. The van der Waals surface area contributed by atoms with Gasteiger partial charge in [0, 0.05) is 11.3 Å². The van der Waals surface area contributed by atoms with Gasteiger partial charge in [-0.25, -0.2) is 17.8 Å². The van der Waals surface area contributed by atoms with Crippen LogP contribution in [0.15, 0.2) is 65.6 Å². The summed E-state index contributed by atoms with van der Waals surface area (Å²) in [5.74, 6) is -1.04. The lowest BCUT2D eigenvalue weighted by Crippen LogP contribution is -2.15. The maximum absolute atomic E-state index is 13.1. The Hall–Kier alpha value is -2.72. The summed E-state index contributed by atoms with van der Waals surface area (Å²) >= 11 is 13.4. The molecule has 0 spiro atoms. The first-order valence-electron chi connectivity index (χ1n) is 8.67. The molecule has 1 aromatic heterocycles. The predicted octanol–water partition coefficient (Wildman–Crippen LogP) is 5.80. The molecule has 0 unspecified atom stereocenters. The van der Waals surface area contributed by atoms with Gasteiger partial charge in [-0.15, -0.1) is 0 Å². The number of hydrogen-bond donors (Lipinski definition) is 2. The molecule has 6 nitrogen and oxygen atoms in total. The smallest absolute Gasteiger partial charge is 0.261 e. The molecule has 31 heavy (non-hydrogen) atoms. The van der Waals surface area contributed by atoms with E-state index in [1.807, 2.05) is 0 Å². The Morgan fingerprint density at radius 1 is 1.00 bits per heavy atom. The Balaban J connectivity index is 1.55. The van der Waals surface area contributed by atoms with Crippen molar-refractivity contribution in [2.24, 2.45) is 0 Å². The van der Waals surface area contributed by atoms with Gasteiger partial charge in [-0.05, 0) is 54.6 Å². The van der Waals surface area contributed by atoms with Crippen LogP contribution < -0.4 is 10.0 Å². The first kappa shape index (κ1) is 21.5. The molecule has 2 N–H and O–H groups in total. The highest BCUT2D eigenvalue weighted by atomic mass is 35.5. The van der Waals surface area contributed by atoms with E-state index in [4.69, 9.17) is 23.2 Å². The number of carbonyl (C=O) groups is 1. The summed E-state index contributed by atoms with van der Waals surface area (Å²) < 4.78 is 41.0. The van der Waals surface area contributed by atoms with Crippen molar-refractivity contribution < 1.29 is 17.6 Å². The van der Waals surface area contributed by atoms with Gasteiger partial charge >= 0.3 is 0 Å². The zero-order valence-corrected chi connectivity index (χ0v) is 18.5. The predicted molar refractivity (Wildman–Crippen MR) is 121 cm³/mol. The molecular weight excluding hydrogens is 484 g/mol. The highest BCUT2D eigenvalue weighted by Crippen LogP contribution is 2.36. The van der Waals surface area contributed by atoms with Gasteiger partial charge in [0.2, 0.25) is 0 Å². The molecule has 158 valence electrons. The van der Waals surface area contributed by atoms with Crippen LogP contribution >= 0.6 is 34.5 Å². The molecule has 1 amide bonds. The van der Waals surface area contributed by atoms with Crippen molar-refractivity contribution in [2.75, 3.05) is 10.0 Å². The molecule has 0 saturated heterocycles. The van der Waals surface area contributed by atoms with Gasteiger partial charge in [-0.3, -0.25) is 14.8 Å². The van der Waals surface area contributed by atoms with Crippen LogP contribution in [0.4, 0.5) is 15.2 Å². The van der Waals surface area contributed by atoms with E-state index in [-0.39, 0.29) is 16.1 Å². The minimum Gasteiger partial charge on any atom is -0.298 e. The summed E-state index contributed by atoms with van der Waals surface area (Å²) in [6.45, 7) is 0. The molecule has 0 aliphatic carbocycles. The van der Waals surface area contributed by atoms with E-state index in [0.717, 1.165) is 24.3 Å². The van der Waals surface area contributed by atoms with Crippen LogP contribution in [0.1, 0.15) is 10.4 Å². The Morgan fingerprint density at radius 3 is 2.42 bits per heavy atom. The Kier molecular flexibility index (Phi) is 5.85. The third kappa shape index (κ3) is 4.64. The minimum atomic E-state index is -3.95. The molecular formula is C20H12Cl2FN3O3S2. The van der Waals surface area contributed by atoms with Crippen molar-refractivity contribution in [3.05, 3.63) is 82.1 Å². The molecule has 0 aliphatic heterocycles. The van der Waals surface area contributed by atoms with Gasteiger partial charge in [0.1, 0.15) is 11.3 Å². The molecule has 0 saturated carbocycles. The van der Waals surface area contributed by atoms with Crippen LogP contribution in [0.5, 0.6) is 0 Å². The lowest BCUT2D eigenvalue weighted by molar-refractivity contribution is 0.102. The minimum absolute atomic E-state index is 0.105. The van der Waals surface area contributed by atoms with Crippen molar-refractivity contribution in [3.8, 4) is 0 Å². The zero-order valence-electron chi connectivity index (χ0n) is 15.4. The Morgan fingerprint density at radius 2 is 1.71 bits per heavy atom. The van der Waals surface area contributed by atoms with Crippen LogP contribution in [-0.4, -0.2) is 19.3 Å². The molecule has 0 radical (unpaired) electrons. The van der Waals surface area contributed by atoms with E-state index < -0.39 is 21.7 Å². The van der Waals surface area contributed by atoms with Gasteiger partial charge in [0.25, 0.3) is 15.9 Å². The van der Waals surface area contributed by atoms with Gasteiger partial charge in [0.15, 0.2) is 5.13 Å². The molecule has 0 aliphatic rings. The number of halogens is 3. The quantitative estimate of drug-likeness (QED) is 0.366. The molecule has 0 atom stereocenters. The van der Waals surface area contributed by atoms with Crippen LogP contribution in [0.2, 0.25) is 10.0 Å². The Labute approximate surface area is 190 Å². The third-order valence-electron chi connectivity index (χ3n) is 4.17. The van der Waals surface area contributed by atoms with Crippen molar-refractivity contribution in [3.63, 3.8) is 0 Å². The fourth-order valence-corrected chi connectivity index (χ4v) is 5.18. The van der Waals surface area contributed by atoms with Gasteiger partial charge in [0.05, 0.1) is 19.6 Å². The summed E-state index contributed by atoms with van der Waals surface area (Å²) in [5.41, 5.74) is 0.860. The van der Waals surface area contributed by atoms with E-state index >= 15 is 0 Å². The van der Waals surface area contributed by atoms with Gasteiger partial charge in [-0.2, -0.15) is 0 Å². The molecule has 1 heterocycles. The first-order chi connectivity index (χ1) is 14.7. The van der Waals surface area contributed by atoms with E-state index in [9.17, 15) is 17.6 Å². The second kappa shape index (κ2) is 8.43. The number of nitrogens with zero attached hydrogens (tertiary/aromatic N) is 1. The average Bonchev–Trinajstić information content (AvgIpc) is 3.16. The molecule has 0 fully saturated rings. The largest absolute Gasteiger partial charge is 0.298 e. The molecule has 11 heteroatoms. The van der Waals surface area contributed by atoms with Gasteiger partial charge < -0.3 is 0 Å². The summed E-state index contributed by atoms with van der Waals surface area (Å²) in [6, 6.07) is 13.6. The van der Waals surface area contributed by atoms with Crippen molar-refractivity contribution in [2.45, 2.75) is 4.90 Å². The van der Waals surface area contributed by atoms with Crippen LogP contribution in [0.25, 0.3) is 10.2 Å². The summed E-state index contributed by atoms with van der Waals surface area (Å²) in [4.78, 5) is 16.8. The highest BCUT2D eigenvalue weighted by molar-refractivity contribution is 7.92. The van der Waals surface area contributed by atoms with Crippen LogP contribution in [0.3, 0.4) is 0 Å². The number of nitrogens with one attached hydrogen (secondary N) is 2. The maximum Gasteiger partial charge on any atom is 0.261 e. The van der Waals surface area contributed by atoms with E-state index in [1.54, 1.807) is 12.1 Å². The maximum atomic E-state index is 13.1. The number of anilines is 2. The number of benzene rings is 3. The fraction of sp³-hybridized carbons (Fsp3) is 0. The lowest BCUT2D eigenvalue weighted by Gasteiger charge is -2.09. The molecule has 3 aromatic carbocycles. The monoisotopic (exact) mass is 495 g/mol. The zero-order chi connectivity index (χ0) is 22.2. The number of carbonyl (C=O) groups excluding carboxylic acids is 1. The van der Waals surface area contributed by atoms with E-state index in [1.165, 1.54) is 35.6 Å². The third-order valence-corrected chi connectivity index (χ3v) is 7.30. The molecule has 0 bridgehead atoms. The second-order valence-corrected chi connectivity index (χ2v) is 9.82. The van der Waals surface area contributed by atoms with E-state index in [2.05, 4.69) is 15.0 Å². The van der Waals surface area contributed by atoms with Crippen molar-refractivity contribution >= 4 is 71.5 Å². The number of sulfonamides is 1. The number of aromatic nitrogens is 1. The van der Waals surface area contributed by atoms with Gasteiger partial charge in [-0.1, -0.05) is 40.6 Å². The standard InChI is InChI=1S/C20H12Cl2FN3O3S2/c21-15-8-9-16(22)18-17(15)24-20(30-18)25-19(27)11-2-1-3-13(10-11)26-31(28,29)14-6-4-12(23)5-7-14/h1-10,26H,(H,24,25,27). The number of hydrogen-bond acceptors (Lipinski definition) is 5. The van der Waals surface area contributed by atoms with Crippen molar-refractivity contribution in [1.29, 1.82) is 0 Å². The number of fused-ring (bicyclic) bond motifs is 1. The molecule has 4 rings (SSSR count). The van der Waals surface area contributed by atoms with E-state index in [0.29, 0.717) is 25.4 Å². The summed E-state index contributed by atoms with van der Waals surface area (Å²) in [5, 5.41) is 3.84. The highest BCUT2D eigenvalue weighted by Gasteiger charge is 2.17. The summed E-state index contributed by atoms with van der Waals surface area (Å²) in [7, 11) is -3.95. The summed E-state index contributed by atoms with van der Waals surface area (Å²) in [6.07, 6.45) is 0. The topological polar surface area (TPSA) is 88.2 Å².